The maximum absolute atomic E-state index is 11.0. The zero-order valence-corrected chi connectivity index (χ0v) is 12.1. The molecule has 0 unspecified atom stereocenters. The Bertz CT molecular complexity index is 379. The predicted molar refractivity (Wildman–Crippen MR) is 52.5 cm³/mol. The largest absolute Gasteiger partial charge is 1.00 e. The molecule has 0 aliphatic heterocycles. The number of aromatic nitrogens is 1. The zero-order chi connectivity index (χ0) is 10.2. The van der Waals surface area contributed by atoms with E-state index in [9.17, 15) is 9.90 Å². The number of carboxylic acids is 1. The molecule has 74 valence electrons. The Hall–Kier alpha value is 0.1000. The Morgan fingerprint density at radius 1 is 1.47 bits per heavy atom. The van der Waals surface area contributed by atoms with Crippen LogP contribution in [0, 0.1) is 0 Å². The molecule has 1 aliphatic rings. The van der Waals surface area contributed by atoms with Gasteiger partial charge in [0.15, 0.2) is 0 Å². The first-order valence-electron chi connectivity index (χ1n) is 4.50. The van der Waals surface area contributed by atoms with E-state index in [1.165, 1.54) is 0 Å². The summed E-state index contributed by atoms with van der Waals surface area (Å²) in [5.41, 5.74) is -0.220. The molecule has 0 amide bonds. The third-order valence-electron chi connectivity index (χ3n) is 2.80. The molecule has 5 heteroatoms. The second-order valence-electron chi connectivity index (χ2n) is 3.57. The van der Waals surface area contributed by atoms with Crippen LogP contribution in [0.1, 0.15) is 25.0 Å². The molecule has 1 aliphatic carbocycles. The van der Waals surface area contributed by atoms with Gasteiger partial charge in [0.05, 0.1) is 17.1 Å². The molecule has 1 heterocycles. The van der Waals surface area contributed by atoms with Crippen LogP contribution < -0.4 is 34.7 Å². The number of carbonyl (C=O) groups is 1. The molecule has 1 saturated carbocycles. The molecule has 1 aromatic rings. The van der Waals surface area contributed by atoms with Crippen LogP contribution in [0.25, 0.3) is 0 Å². The van der Waals surface area contributed by atoms with E-state index in [4.69, 9.17) is 0 Å². The van der Waals surface area contributed by atoms with Crippen LogP contribution in [0.2, 0.25) is 0 Å². The molecule has 0 saturated heterocycles. The maximum Gasteiger partial charge on any atom is 1.00 e. The van der Waals surface area contributed by atoms with Gasteiger partial charge >= 0.3 is 29.6 Å². The molecule has 0 N–H and O–H groups in total. The topological polar surface area (TPSA) is 53.0 Å². The van der Waals surface area contributed by atoms with E-state index in [2.05, 4.69) is 20.9 Å². The quantitative estimate of drug-likeness (QED) is 0.465. The SMILES string of the molecule is O=C([O-])C1(c2cccc(Br)n2)CCC1.[Na+]. The molecular formula is C10H9BrNNaO2. The van der Waals surface area contributed by atoms with Crippen molar-refractivity contribution in [2.75, 3.05) is 0 Å². The smallest absolute Gasteiger partial charge is 0.549 e. The van der Waals surface area contributed by atoms with Crippen LogP contribution in [0.15, 0.2) is 22.8 Å². The molecule has 15 heavy (non-hydrogen) atoms. The second kappa shape index (κ2) is 4.95. The van der Waals surface area contributed by atoms with E-state index in [1.54, 1.807) is 18.2 Å². The molecule has 0 atom stereocenters. The third-order valence-corrected chi connectivity index (χ3v) is 3.24. The van der Waals surface area contributed by atoms with Crippen molar-refractivity contribution in [1.29, 1.82) is 0 Å². The summed E-state index contributed by atoms with van der Waals surface area (Å²) in [5.74, 6) is -1.01. The molecule has 0 radical (unpaired) electrons. The predicted octanol–water partition coefficient (Wildman–Crippen LogP) is -1.98. The number of halogens is 1. The van der Waals surface area contributed by atoms with Gasteiger partial charge in [-0.15, -0.1) is 0 Å². The Kier molecular flexibility index (Phi) is 4.35. The first-order valence-corrected chi connectivity index (χ1v) is 5.29. The summed E-state index contributed by atoms with van der Waals surface area (Å²) in [5, 5.41) is 11.0. The molecule has 0 spiro atoms. The van der Waals surface area contributed by atoms with Crippen molar-refractivity contribution in [1.82, 2.24) is 4.98 Å². The molecule has 2 rings (SSSR count). The Morgan fingerprint density at radius 2 is 2.13 bits per heavy atom. The van der Waals surface area contributed by atoms with Crippen molar-refractivity contribution in [2.45, 2.75) is 24.7 Å². The fourth-order valence-electron chi connectivity index (χ4n) is 1.77. The molecular weight excluding hydrogens is 269 g/mol. The molecule has 3 nitrogen and oxygen atoms in total. The van der Waals surface area contributed by atoms with Gasteiger partial charge in [-0.05, 0) is 40.9 Å². The number of rotatable bonds is 2. The average molecular weight is 278 g/mol. The van der Waals surface area contributed by atoms with Gasteiger partial charge in [0.25, 0.3) is 0 Å². The summed E-state index contributed by atoms with van der Waals surface area (Å²) in [7, 11) is 0. The van der Waals surface area contributed by atoms with Gasteiger partial charge in [-0.25, -0.2) is 4.98 Å². The minimum atomic E-state index is -1.01. The molecule has 0 aromatic carbocycles. The summed E-state index contributed by atoms with van der Waals surface area (Å²) in [6.45, 7) is 0. The molecule has 1 aromatic heterocycles. The Balaban J connectivity index is 0.00000112. The molecule has 1 fully saturated rings. The van der Waals surface area contributed by atoms with Gasteiger partial charge in [0.2, 0.25) is 0 Å². The first-order chi connectivity index (χ1) is 6.65. The number of aliphatic carboxylic acids is 1. The van der Waals surface area contributed by atoms with E-state index in [0.29, 0.717) is 23.1 Å². The van der Waals surface area contributed by atoms with Crippen LogP contribution in [-0.2, 0) is 10.2 Å². The number of carboxylic acid groups (broad SMARTS) is 1. The van der Waals surface area contributed by atoms with Gasteiger partial charge in [0, 0.05) is 0 Å². The van der Waals surface area contributed by atoms with Gasteiger partial charge < -0.3 is 9.90 Å². The van der Waals surface area contributed by atoms with Gasteiger partial charge in [-0.1, -0.05) is 12.5 Å². The maximum atomic E-state index is 11.0. The van der Waals surface area contributed by atoms with E-state index in [0.717, 1.165) is 6.42 Å². The standard InChI is InChI=1S/C10H10BrNO2.Na/c11-8-4-1-3-7(12-8)10(9(13)14)5-2-6-10;/h1,3-4H,2,5-6H2,(H,13,14);/q;+1/p-1. The van der Waals surface area contributed by atoms with E-state index in [1.807, 2.05) is 0 Å². The number of carbonyl (C=O) groups excluding carboxylic acids is 1. The first kappa shape index (κ1) is 13.2. The number of hydrogen-bond donors (Lipinski definition) is 0. The van der Waals surface area contributed by atoms with Crippen molar-refractivity contribution < 1.29 is 39.5 Å². The van der Waals surface area contributed by atoms with Gasteiger partial charge in [0.1, 0.15) is 4.60 Å². The minimum Gasteiger partial charge on any atom is -0.549 e. The summed E-state index contributed by atoms with van der Waals surface area (Å²) in [6.07, 6.45) is 2.21. The van der Waals surface area contributed by atoms with Crippen LogP contribution in [0.4, 0.5) is 0 Å². The number of hydrogen-bond acceptors (Lipinski definition) is 3. The fraction of sp³-hybridized carbons (Fsp3) is 0.400. The zero-order valence-electron chi connectivity index (χ0n) is 8.50. The van der Waals surface area contributed by atoms with Crippen molar-refractivity contribution in [3.63, 3.8) is 0 Å². The van der Waals surface area contributed by atoms with E-state index >= 15 is 0 Å². The summed E-state index contributed by atoms with van der Waals surface area (Å²) in [4.78, 5) is 15.2. The van der Waals surface area contributed by atoms with Crippen molar-refractivity contribution in [2.24, 2.45) is 0 Å². The minimum absolute atomic E-state index is 0. The Labute approximate surface area is 119 Å². The third kappa shape index (κ3) is 2.28. The normalized spacial score (nSPS) is 17.4. The fourth-order valence-corrected chi connectivity index (χ4v) is 2.11. The summed E-state index contributed by atoms with van der Waals surface area (Å²) >= 11 is 3.23. The summed E-state index contributed by atoms with van der Waals surface area (Å²) < 4.78 is 0.669. The monoisotopic (exact) mass is 277 g/mol. The Morgan fingerprint density at radius 3 is 2.53 bits per heavy atom. The van der Waals surface area contributed by atoms with E-state index in [-0.39, 0.29) is 29.6 Å². The summed E-state index contributed by atoms with van der Waals surface area (Å²) in [6, 6.07) is 5.33. The van der Waals surface area contributed by atoms with Crippen molar-refractivity contribution >= 4 is 21.9 Å². The van der Waals surface area contributed by atoms with Crippen LogP contribution in [0.5, 0.6) is 0 Å². The second-order valence-corrected chi connectivity index (χ2v) is 4.38. The van der Waals surface area contributed by atoms with E-state index < -0.39 is 11.4 Å². The number of nitrogens with zero attached hydrogens (tertiary/aromatic N) is 1. The van der Waals surface area contributed by atoms with Crippen LogP contribution >= 0.6 is 15.9 Å². The van der Waals surface area contributed by atoms with Crippen LogP contribution in [0.3, 0.4) is 0 Å². The van der Waals surface area contributed by atoms with Crippen LogP contribution in [-0.4, -0.2) is 11.0 Å². The van der Waals surface area contributed by atoms with Gasteiger partial charge in [-0.2, -0.15) is 0 Å². The molecule has 0 bridgehead atoms. The average Bonchev–Trinajstić information content (AvgIpc) is 2.00. The van der Waals surface area contributed by atoms with Crippen molar-refractivity contribution in [3.05, 3.63) is 28.5 Å². The van der Waals surface area contributed by atoms with Gasteiger partial charge in [-0.3, -0.25) is 0 Å². The van der Waals surface area contributed by atoms with Crippen molar-refractivity contribution in [3.8, 4) is 0 Å². The number of pyridine rings is 1.